The van der Waals surface area contributed by atoms with Crippen molar-refractivity contribution in [1.82, 2.24) is 14.8 Å². The lowest BCUT2D eigenvalue weighted by Gasteiger charge is -2.45. The van der Waals surface area contributed by atoms with Crippen molar-refractivity contribution in [2.75, 3.05) is 44.2 Å². The molecule has 1 spiro atoms. The Hall–Kier alpha value is -2.67. The molecule has 0 saturated carbocycles. The van der Waals surface area contributed by atoms with Gasteiger partial charge in [-0.1, -0.05) is 0 Å². The van der Waals surface area contributed by atoms with Gasteiger partial charge in [0.15, 0.2) is 0 Å². The Morgan fingerprint density at radius 3 is 2.66 bits per heavy atom. The van der Waals surface area contributed by atoms with E-state index in [0.29, 0.717) is 12.6 Å². The maximum Gasteiger partial charge on any atom is 0.409 e. The fourth-order valence-electron chi connectivity index (χ4n) is 5.76. The first-order chi connectivity index (χ1) is 15.6. The summed E-state index contributed by atoms with van der Waals surface area (Å²) in [6, 6.07) is 9.76. The number of hydrogen-bond donors (Lipinski definition) is 0. The molecule has 2 fully saturated rings. The van der Waals surface area contributed by atoms with E-state index in [1.165, 1.54) is 0 Å². The van der Waals surface area contributed by atoms with E-state index >= 15 is 0 Å². The Labute approximate surface area is 189 Å². The van der Waals surface area contributed by atoms with Crippen molar-refractivity contribution in [3.63, 3.8) is 0 Å². The quantitative estimate of drug-likeness (QED) is 0.714. The molecule has 170 valence electrons. The second-order valence-corrected chi connectivity index (χ2v) is 9.19. The number of halogens is 1. The summed E-state index contributed by atoms with van der Waals surface area (Å²) in [5, 5.41) is 0. The number of nitrogens with zero attached hydrogens (tertiary/aromatic N) is 4. The smallest absolute Gasteiger partial charge is 0.409 e. The molecule has 3 aliphatic heterocycles. The summed E-state index contributed by atoms with van der Waals surface area (Å²) in [4.78, 5) is 23.0. The number of aromatic nitrogens is 1. The SMILES string of the molecule is CCOC(=O)N1CCC(N2CCC3(CC2)CN(c2cccnc2)c2ccc(F)cc23)CC1. The van der Waals surface area contributed by atoms with Crippen LogP contribution in [0, 0.1) is 5.82 Å². The highest BCUT2D eigenvalue weighted by Crippen LogP contribution is 2.50. The van der Waals surface area contributed by atoms with Crippen LogP contribution in [0.5, 0.6) is 0 Å². The average Bonchev–Trinajstić information content (AvgIpc) is 3.13. The maximum atomic E-state index is 14.3. The normalized spacial score (nSPS) is 21.1. The lowest BCUT2D eigenvalue weighted by molar-refractivity contribution is 0.0581. The molecule has 32 heavy (non-hydrogen) atoms. The van der Waals surface area contributed by atoms with Crippen LogP contribution in [-0.4, -0.2) is 66.2 Å². The molecule has 0 aliphatic carbocycles. The molecule has 0 N–H and O–H groups in total. The van der Waals surface area contributed by atoms with Crippen LogP contribution in [0.25, 0.3) is 0 Å². The average molecular weight is 439 g/mol. The number of carbonyl (C=O) groups excluding carboxylic acids is 1. The number of pyridine rings is 1. The summed E-state index contributed by atoms with van der Waals surface area (Å²) in [5.74, 6) is -0.162. The van der Waals surface area contributed by atoms with Gasteiger partial charge in [-0.05, 0) is 81.6 Å². The summed E-state index contributed by atoms with van der Waals surface area (Å²) in [5.41, 5.74) is 3.27. The van der Waals surface area contributed by atoms with Crippen LogP contribution < -0.4 is 4.90 Å². The van der Waals surface area contributed by atoms with E-state index < -0.39 is 0 Å². The van der Waals surface area contributed by atoms with Crippen molar-refractivity contribution < 1.29 is 13.9 Å². The third-order valence-corrected chi connectivity index (χ3v) is 7.50. The molecule has 5 rings (SSSR count). The first-order valence-corrected chi connectivity index (χ1v) is 11.7. The van der Waals surface area contributed by atoms with Gasteiger partial charge < -0.3 is 19.4 Å². The fourth-order valence-corrected chi connectivity index (χ4v) is 5.76. The predicted octanol–water partition coefficient (Wildman–Crippen LogP) is 4.33. The molecule has 0 atom stereocenters. The molecule has 1 aromatic heterocycles. The molecule has 2 aromatic rings. The minimum Gasteiger partial charge on any atom is -0.450 e. The van der Waals surface area contributed by atoms with Crippen LogP contribution in [-0.2, 0) is 10.2 Å². The standard InChI is InChI=1S/C25H31FN4O2/c1-2-32-24(31)29-12-7-20(8-13-29)28-14-9-25(10-15-28)18-30(21-4-3-11-27-17-21)23-6-5-19(26)16-22(23)25/h3-6,11,16-17,20H,2,7-10,12-15,18H2,1H3. The summed E-state index contributed by atoms with van der Waals surface area (Å²) in [6.45, 7) is 6.65. The van der Waals surface area contributed by atoms with Gasteiger partial charge in [0.05, 0.1) is 18.5 Å². The van der Waals surface area contributed by atoms with Crippen LogP contribution >= 0.6 is 0 Å². The van der Waals surface area contributed by atoms with Crippen LogP contribution in [0.3, 0.4) is 0 Å². The lowest BCUT2D eigenvalue weighted by atomic mass is 9.74. The molecule has 4 heterocycles. The van der Waals surface area contributed by atoms with Gasteiger partial charge >= 0.3 is 6.09 Å². The molecular weight excluding hydrogens is 407 g/mol. The second-order valence-electron chi connectivity index (χ2n) is 9.19. The van der Waals surface area contributed by atoms with Gasteiger partial charge in [0.1, 0.15) is 5.82 Å². The number of benzene rings is 1. The Morgan fingerprint density at radius 1 is 1.19 bits per heavy atom. The molecule has 0 unspecified atom stereocenters. The van der Waals surface area contributed by atoms with Crippen molar-refractivity contribution >= 4 is 17.5 Å². The van der Waals surface area contributed by atoms with Gasteiger partial charge in [-0.25, -0.2) is 9.18 Å². The number of anilines is 2. The zero-order chi connectivity index (χ0) is 22.1. The second kappa shape index (κ2) is 8.70. The van der Waals surface area contributed by atoms with Crippen LogP contribution in [0.2, 0.25) is 0 Å². The van der Waals surface area contributed by atoms with E-state index in [9.17, 15) is 9.18 Å². The molecule has 3 aliphatic rings. The van der Waals surface area contributed by atoms with E-state index in [1.807, 2.05) is 30.2 Å². The van der Waals surface area contributed by atoms with E-state index in [-0.39, 0.29) is 17.3 Å². The fraction of sp³-hybridized carbons (Fsp3) is 0.520. The monoisotopic (exact) mass is 438 g/mol. The maximum absolute atomic E-state index is 14.3. The number of rotatable bonds is 3. The zero-order valence-corrected chi connectivity index (χ0v) is 18.7. The van der Waals surface area contributed by atoms with Crippen molar-refractivity contribution in [2.24, 2.45) is 0 Å². The number of likely N-dealkylation sites (tertiary alicyclic amines) is 2. The first kappa shape index (κ1) is 21.2. The number of amides is 1. The molecular formula is C25H31FN4O2. The van der Waals surface area contributed by atoms with E-state index in [2.05, 4.69) is 20.9 Å². The van der Waals surface area contributed by atoms with Gasteiger partial charge in [-0.15, -0.1) is 0 Å². The summed E-state index contributed by atoms with van der Waals surface area (Å²) < 4.78 is 19.4. The summed E-state index contributed by atoms with van der Waals surface area (Å²) in [7, 11) is 0. The Morgan fingerprint density at radius 2 is 1.97 bits per heavy atom. The largest absolute Gasteiger partial charge is 0.450 e. The Balaban J connectivity index is 1.28. The molecule has 2 saturated heterocycles. The number of ether oxygens (including phenoxy) is 1. The van der Waals surface area contributed by atoms with Crippen molar-refractivity contribution in [2.45, 2.75) is 44.1 Å². The third kappa shape index (κ3) is 3.83. The van der Waals surface area contributed by atoms with Crippen LogP contribution in [0.4, 0.5) is 20.6 Å². The van der Waals surface area contributed by atoms with Gasteiger partial charge in [0, 0.05) is 43.0 Å². The van der Waals surface area contributed by atoms with Crippen LogP contribution in [0.1, 0.15) is 38.2 Å². The number of piperidine rings is 2. The van der Waals surface area contributed by atoms with Gasteiger partial charge in [-0.2, -0.15) is 0 Å². The Bertz CT molecular complexity index is 954. The number of carbonyl (C=O) groups is 1. The predicted molar refractivity (Wildman–Crippen MR) is 122 cm³/mol. The Kier molecular flexibility index (Phi) is 5.76. The molecule has 0 radical (unpaired) electrons. The molecule has 7 heteroatoms. The topological polar surface area (TPSA) is 48.9 Å². The zero-order valence-electron chi connectivity index (χ0n) is 18.7. The highest BCUT2D eigenvalue weighted by Gasteiger charge is 2.46. The van der Waals surface area contributed by atoms with Crippen LogP contribution in [0.15, 0.2) is 42.7 Å². The molecule has 6 nitrogen and oxygen atoms in total. The molecule has 0 bridgehead atoms. The summed E-state index contributed by atoms with van der Waals surface area (Å²) in [6.07, 6.45) is 7.48. The summed E-state index contributed by atoms with van der Waals surface area (Å²) >= 11 is 0. The van der Waals surface area contributed by atoms with Crippen molar-refractivity contribution in [1.29, 1.82) is 0 Å². The van der Waals surface area contributed by atoms with E-state index in [4.69, 9.17) is 4.74 Å². The van der Waals surface area contributed by atoms with Gasteiger partial charge in [-0.3, -0.25) is 4.98 Å². The molecule has 1 amide bonds. The third-order valence-electron chi connectivity index (χ3n) is 7.50. The minimum absolute atomic E-state index is 0.0323. The first-order valence-electron chi connectivity index (χ1n) is 11.7. The number of hydrogen-bond acceptors (Lipinski definition) is 5. The van der Waals surface area contributed by atoms with Gasteiger partial charge in [0.2, 0.25) is 0 Å². The highest BCUT2D eigenvalue weighted by molar-refractivity contribution is 5.72. The van der Waals surface area contributed by atoms with E-state index in [0.717, 1.165) is 75.3 Å². The lowest BCUT2D eigenvalue weighted by Crippen LogP contribution is -2.52. The highest BCUT2D eigenvalue weighted by atomic mass is 19.1. The van der Waals surface area contributed by atoms with Gasteiger partial charge in [0.25, 0.3) is 0 Å². The van der Waals surface area contributed by atoms with E-state index in [1.54, 1.807) is 18.3 Å². The minimum atomic E-state index is -0.191. The van der Waals surface area contributed by atoms with Crippen molar-refractivity contribution in [3.8, 4) is 0 Å². The number of fused-ring (bicyclic) bond motifs is 2. The molecule has 1 aromatic carbocycles. The van der Waals surface area contributed by atoms with Crippen molar-refractivity contribution in [3.05, 3.63) is 54.1 Å².